The van der Waals surface area contributed by atoms with Crippen LogP contribution in [0.1, 0.15) is 30.1 Å². The van der Waals surface area contributed by atoms with Gasteiger partial charge in [-0.15, -0.1) is 11.8 Å². The van der Waals surface area contributed by atoms with Crippen LogP contribution in [0.3, 0.4) is 0 Å². The summed E-state index contributed by atoms with van der Waals surface area (Å²) in [7, 11) is 0. The molecular formula is C12H16O3S. The highest BCUT2D eigenvalue weighted by Gasteiger charge is 2.09. The van der Waals surface area contributed by atoms with E-state index in [-0.39, 0.29) is 6.10 Å². The normalized spacial score (nSPS) is 12.4. The van der Waals surface area contributed by atoms with Crippen LogP contribution in [0.25, 0.3) is 0 Å². The number of aromatic carboxylic acids is 1. The zero-order chi connectivity index (χ0) is 12.0. The molecule has 1 aromatic carbocycles. The molecule has 0 amide bonds. The first-order valence-electron chi connectivity index (χ1n) is 5.28. The van der Waals surface area contributed by atoms with E-state index in [1.807, 2.05) is 13.0 Å². The van der Waals surface area contributed by atoms with Crippen molar-refractivity contribution in [1.29, 1.82) is 0 Å². The van der Waals surface area contributed by atoms with Crippen LogP contribution in [0.15, 0.2) is 29.2 Å². The summed E-state index contributed by atoms with van der Waals surface area (Å²) in [6.07, 6.45) is 1.14. The van der Waals surface area contributed by atoms with Gasteiger partial charge in [-0.05, 0) is 25.0 Å². The van der Waals surface area contributed by atoms with Crippen LogP contribution in [-0.2, 0) is 0 Å². The zero-order valence-electron chi connectivity index (χ0n) is 9.22. The summed E-state index contributed by atoms with van der Waals surface area (Å²) in [5.41, 5.74) is 0.332. The summed E-state index contributed by atoms with van der Waals surface area (Å²) < 4.78 is 0. The number of hydrogen-bond donors (Lipinski definition) is 2. The molecule has 4 heteroatoms. The molecule has 0 bridgehead atoms. The van der Waals surface area contributed by atoms with Crippen molar-refractivity contribution in [3.63, 3.8) is 0 Å². The van der Waals surface area contributed by atoms with Crippen molar-refractivity contribution in [2.45, 2.75) is 30.8 Å². The second-order valence-electron chi connectivity index (χ2n) is 3.50. The highest BCUT2D eigenvalue weighted by atomic mass is 32.2. The lowest BCUT2D eigenvalue weighted by Crippen LogP contribution is -2.05. The van der Waals surface area contributed by atoms with Crippen LogP contribution in [0, 0.1) is 0 Å². The number of aliphatic hydroxyl groups excluding tert-OH is 1. The SMILES string of the molecule is CCC(O)CCSc1ccccc1C(=O)O. The number of hydrogen-bond acceptors (Lipinski definition) is 3. The van der Waals surface area contributed by atoms with E-state index >= 15 is 0 Å². The molecular weight excluding hydrogens is 224 g/mol. The van der Waals surface area contributed by atoms with Crippen molar-refractivity contribution in [2.24, 2.45) is 0 Å². The summed E-state index contributed by atoms with van der Waals surface area (Å²) in [5.74, 6) is -0.168. The van der Waals surface area contributed by atoms with E-state index in [9.17, 15) is 9.90 Å². The Kier molecular flexibility index (Phi) is 5.35. The van der Waals surface area contributed by atoms with E-state index in [2.05, 4.69) is 0 Å². The van der Waals surface area contributed by atoms with Crippen molar-refractivity contribution in [2.75, 3.05) is 5.75 Å². The Balaban J connectivity index is 2.56. The molecule has 0 radical (unpaired) electrons. The molecule has 88 valence electrons. The van der Waals surface area contributed by atoms with Crippen molar-refractivity contribution in [3.8, 4) is 0 Å². The fourth-order valence-electron chi connectivity index (χ4n) is 1.28. The molecule has 0 aromatic heterocycles. The molecule has 0 aliphatic rings. The molecule has 1 aromatic rings. The Morgan fingerprint density at radius 2 is 2.12 bits per heavy atom. The van der Waals surface area contributed by atoms with E-state index in [0.717, 1.165) is 17.1 Å². The Morgan fingerprint density at radius 1 is 1.44 bits per heavy atom. The largest absolute Gasteiger partial charge is 0.478 e. The lowest BCUT2D eigenvalue weighted by atomic mass is 10.2. The van der Waals surface area contributed by atoms with Crippen LogP contribution < -0.4 is 0 Å². The zero-order valence-corrected chi connectivity index (χ0v) is 10.0. The predicted molar refractivity (Wildman–Crippen MR) is 65.0 cm³/mol. The maximum Gasteiger partial charge on any atom is 0.336 e. The molecule has 0 aliphatic heterocycles. The Hall–Kier alpha value is -1.00. The van der Waals surface area contributed by atoms with Gasteiger partial charge in [-0.2, -0.15) is 0 Å². The topological polar surface area (TPSA) is 57.5 Å². The van der Waals surface area contributed by atoms with Gasteiger partial charge in [0.2, 0.25) is 0 Å². The average molecular weight is 240 g/mol. The van der Waals surface area contributed by atoms with E-state index in [1.54, 1.807) is 18.2 Å². The molecule has 0 aliphatic carbocycles. The fraction of sp³-hybridized carbons (Fsp3) is 0.417. The average Bonchev–Trinajstić information content (AvgIpc) is 2.29. The van der Waals surface area contributed by atoms with Gasteiger partial charge in [0.05, 0.1) is 11.7 Å². The molecule has 1 rings (SSSR count). The highest BCUT2D eigenvalue weighted by molar-refractivity contribution is 7.99. The minimum absolute atomic E-state index is 0.288. The second-order valence-corrected chi connectivity index (χ2v) is 4.64. The molecule has 3 nitrogen and oxygen atoms in total. The minimum Gasteiger partial charge on any atom is -0.478 e. The molecule has 16 heavy (non-hydrogen) atoms. The Bertz CT molecular complexity index is 352. The molecule has 0 fully saturated rings. The lowest BCUT2D eigenvalue weighted by Gasteiger charge is -2.08. The molecule has 0 saturated heterocycles. The van der Waals surface area contributed by atoms with Gasteiger partial charge in [0, 0.05) is 10.6 Å². The van der Waals surface area contributed by atoms with Crippen LogP contribution in [0.4, 0.5) is 0 Å². The maximum atomic E-state index is 10.9. The van der Waals surface area contributed by atoms with E-state index in [1.165, 1.54) is 11.8 Å². The second kappa shape index (κ2) is 6.55. The van der Waals surface area contributed by atoms with Crippen molar-refractivity contribution in [3.05, 3.63) is 29.8 Å². The summed E-state index contributed by atoms with van der Waals surface area (Å²) in [5, 5.41) is 18.3. The number of carboxylic acids is 1. The fourth-order valence-corrected chi connectivity index (χ4v) is 2.37. The van der Waals surface area contributed by atoms with Crippen LogP contribution in [0.5, 0.6) is 0 Å². The van der Waals surface area contributed by atoms with Gasteiger partial charge in [0.15, 0.2) is 0 Å². The maximum absolute atomic E-state index is 10.9. The summed E-state index contributed by atoms with van der Waals surface area (Å²) in [6.45, 7) is 1.93. The van der Waals surface area contributed by atoms with Crippen LogP contribution in [-0.4, -0.2) is 28.0 Å². The van der Waals surface area contributed by atoms with Crippen molar-refractivity contribution in [1.82, 2.24) is 0 Å². The third-order valence-corrected chi connectivity index (χ3v) is 3.40. The van der Waals surface area contributed by atoms with E-state index in [0.29, 0.717) is 12.0 Å². The molecule has 0 spiro atoms. The van der Waals surface area contributed by atoms with E-state index in [4.69, 9.17) is 5.11 Å². The first-order valence-corrected chi connectivity index (χ1v) is 6.27. The predicted octanol–water partition coefficient (Wildman–Crippen LogP) is 2.64. The first-order chi connectivity index (χ1) is 7.65. The quantitative estimate of drug-likeness (QED) is 0.750. The third-order valence-electron chi connectivity index (χ3n) is 2.30. The number of carbonyl (C=O) groups is 1. The Labute approximate surface area is 99.5 Å². The number of aliphatic hydroxyl groups is 1. The molecule has 1 unspecified atom stereocenters. The molecule has 1 atom stereocenters. The van der Waals surface area contributed by atoms with Crippen molar-refractivity contribution < 1.29 is 15.0 Å². The first kappa shape index (κ1) is 13.1. The number of carboxylic acid groups (broad SMARTS) is 1. The smallest absolute Gasteiger partial charge is 0.336 e. The number of thioether (sulfide) groups is 1. The molecule has 2 N–H and O–H groups in total. The number of rotatable bonds is 6. The third kappa shape index (κ3) is 3.87. The van der Waals surface area contributed by atoms with Gasteiger partial charge in [0.25, 0.3) is 0 Å². The van der Waals surface area contributed by atoms with Gasteiger partial charge in [-0.1, -0.05) is 19.1 Å². The summed E-state index contributed by atoms with van der Waals surface area (Å²) >= 11 is 1.48. The van der Waals surface area contributed by atoms with Gasteiger partial charge >= 0.3 is 5.97 Å². The van der Waals surface area contributed by atoms with Gasteiger partial charge in [0.1, 0.15) is 0 Å². The van der Waals surface area contributed by atoms with Gasteiger partial charge in [-0.25, -0.2) is 4.79 Å². The monoisotopic (exact) mass is 240 g/mol. The van der Waals surface area contributed by atoms with Crippen LogP contribution >= 0.6 is 11.8 Å². The molecule has 0 heterocycles. The molecule has 0 saturated carbocycles. The standard InChI is InChI=1S/C12H16O3S/c1-2-9(13)7-8-16-11-6-4-3-5-10(11)12(14)15/h3-6,9,13H,2,7-8H2,1H3,(H,14,15). The summed E-state index contributed by atoms with van der Waals surface area (Å²) in [4.78, 5) is 11.7. The minimum atomic E-state index is -0.904. The Morgan fingerprint density at radius 3 is 2.75 bits per heavy atom. The lowest BCUT2D eigenvalue weighted by molar-refractivity contribution is 0.0693. The number of benzene rings is 1. The van der Waals surface area contributed by atoms with Gasteiger partial charge < -0.3 is 10.2 Å². The highest BCUT2D eigenvalue weighted by Crippen LogP contribution is 2.23. The van der Waals surface area contributed by atoms with E-state index < -0.39 is 5.97 Å². The van der Waals surface area contributed by atoms with Gasteiger partial charge in [-0.3, -0.25) is 0 Å². The van der Waals surface area contributed by atoms with Crippen molar-refractivity contribution >= 4 is 17.7 Å². The van der Waals surface area contributed by atoms with Crippen LogP contribution in [0.2, 0.25) is 0 Å². The summed E-state index contributed by atoms with van der Waals surface area (Å²) in [6, 6.07) is 6.94.